The van der Waals surface area contributed by atoms with E-state index < -0.39 is 0 Å². The molecule has 0 bridgehead atoms. The van der Waals surface area contributed by atoms with Gasteiger partial charge in [0.1, 0.15) is 17.2 Å². The zero-order valence-corrected chi connectivity index (χ0v) is 14.7. The van der Waals surface area contributed by atoms with Crippen LogP contribution in [-0.4, -0.2) is 30.9 Å². The first kappa shape index (κ1) is 16.6. The Morgan fingerprint density at radius 2 is 1.93 bits per heavy atom. The van der Waals surface area contributed by atoms with E-state index in [9.17, 15) is 10.3 Å². The van der Waals surface area contributed by atoms with Crippen LogP contribution in [0.4, 0.5) is 0 Å². The van der Waals surface area contributed by atoms with Gasteiger partial charge < -0.3 is 20.6 Å². The molecule has 0 saturated heterocycles. The lowest BCUT2D eigenvalue weighted by Crippen LogP contribution is -2.14. The third-order valence-electron chi connectivity index (χ3n) is 4.47. The zero-order valence-electron chi connectivity index (χ0n) is 14.7. The summed E-state index contributed by atoms with van der Waals surface area (Å²) >= 11 is 0. The number of rotatable bonds is 3. The standard InChI is InChI=1S/C19H17N5O3/c1-10-15(11(2)27-23-10)17-16(18(20)22-26)14-4-3-9-21-19(14)24(17)12-5-7-13(25)8-6-12/h3-9,25-26H,1-2H3,(H2,20,22). The van der Waals surface area contributed by atoms with Crippen LogP contribution in [0.2, 0.25) is 0 Å². The predicted octanol–water partition coefficient (Wildman–Crippen LogP) is 3.10. The van der Waals surface area contributed by atoms with Crippen LogP contribution in [0, 0.1) is 13.8 Å². The minimum absolute atomic E-state index is 0.0412. The molecule has 4 N–H and O–H groups in total. The molecule has 4 rings (SSSR count). The second kappa shape index (κ2) is 6.17. The zero-order chi connectivity index (χ0) is 19.1. The predicted molar refractivity (Wildman–Crippen MR) is 100 cm³/mol. The van der Waals surface area contributed by atoms with E-state index in [-0.39, 0.29) is 11.6 Å². The highest BCUT2D eigenvalue weighted by Gasteiger charge is 2.27. The number of aromatic nitrogens is 3. The number of phenols is 1. The highest BCUT2D eigenvalue weighted by Crippen LogP contribution is 2.38. The van der Waals surface area contributed by atoms with Gasteiger partial charge in [-0.15, -0.1) is 0 Å². The molecule has 27 heavy (non-hydrogen) atoms. The molecule has 0 fully saturated rings. The van der Waals surface area contributed by atoms with Gasteiger partial charge in [0, 0.05) is 17.3 Å². The summed E-state index contributed by atoms with van der Waals surface area (Å²) in [6, 6.07) is 10.3. The molecule has 136 valence electrons. The maximum atomic E-state index is 9.67. The van der Waals surface area contributed by atoms with Gasteiger partial charge in [-0.1, -0.05) is 10.3 Å². The Labute approximate surface area is 154 Å². The van der Waals surface area contributed by atoms with Crippen molar-refractivity contribution in [2.24, 2.45) is 10.9 Å². The number of hydrogen-bond donors (Lipinski definition) is 3. The van der Waals surface area contributed by atoms with Crippen LogP contribution >= 0.6 is 0 Å². The third kappa shape index (κ3) is 2.50. The van der Waals surface area contributed by atoms with Crippen molar-refractivity contribution < 1.29 is 14.8 Å². The second-order valence-electron chi connectivity index (χ2n) is 6.13. The summed E-state index contributed by atoms with van der Waals surface area (Å²) in [5.74, 6) is 0.710. The number of aromatic hydroxyl groups is 1. The molecule has 1 aromatic carbocycles. The fourth-order valence-electron chi connectivity index (χ4n) is 3.34. The lowest BCUT2D eigenvalue weighted by molar-refractivity contribution is 0.318. The molecule has 0 unspecified atom stereocenters. The van der Waals surface area contributed by atoms with Gasteiger partial charge >= 0.3 is 0 Å². The first-order valence-electron chi connectivity index (χ1n) is 8.23. The Morgan fingerprint density at radius 3 is 2.56 bits per heavy atom. The summed E-state index contributed by atoms with van der Waals surface area (Å²) < 4.78 is 7.24. The van der Waals surface area contributed by atoms with Crippen molar-refractivity contribution in [3.63, 3.8) is 0 Å². The monoisotopic (exact) mass is 363 g/mol. The van der Waals surface area contributed by atoms with Gasteiger partial charge in [0.05, 0.1) is 22.5 Å². The molecule has 8 heteroatoms. The lowest BCUT2D eigenvalue weighted by atomic mass is 10.0. The van der Waals surface area contributed by atoms with Gasteiger partial charge in [-0.2, -0.15) is 0 Å². The van der Waals surface area contributed by atoms with Crippen molar-refractivity contribution >= 4 is 16.9 Å². The van der Waals surface area contributed by atoms with E-state index in [2.05, 4.69) is 15.3 Å². The van der Waals surface area contributed by atoms with E-state index in [1.807, 2.05) is 17.6 Å². The molecular weight excluding hydrogens is 346 g/mol. The number of aryl methyl sites for hydroxylation is 2. The molecule has 3 heterocycles. The number of phenolic OH excluding ortho intramolecular Hbond substituents is 1. The topological polar surface area (TPSA) is 123 Å². The molecule has 0 radical (unpaired) electrons. The average Bonchev–Trinajstić information content (AvgIpc) is 3.18. The molecule has 4 aromatic rings. The molecule has 0 aliphatic carbocycles. The van der Waals surface area contributed by atoms with Crippen molar-refractivity contribution in [3.05, 3.63) is 59.6 Å². The Kier molecular flexibility index (Phi) is 3.80. The number of pyridine rings is 1. The van der Waals surface area contributed by atoms with Crippen LogP contribution in [0.25, 0.3) is 28.0 Å². The Balaban J connectivity index is 2.22. The number of hydrogen-bond acceptors (Lipinski definition) is 6. The molecule has 0 saturated carbocycles. The summed E-state index contributed by atoms with van der Waals surface area (Å²) in [5, 5.41) is 27.0. The van der Waals surface area contributed by atoms with Crippen LogP contribution in [-0.2, 0) is 0 Å². The largest absolute Gasteiger partial charge is 0.508 e. The van der Waals surface area contributed by atoms with E-state index in [1.54, 1.807) is 43.5 Å². The van der Waals surface area contributed by atoms with E-state index in [1.165, 1.54) is 0 Å². The van der Waals surface area contributed by atoms with Gasteiger partial charge in [-0.3, -0.25) is 4.57 Å². The summed E-state index contributed by atoms with van der Waals surface area (Å²) in [6.45, 7) is 3.63. The minimum atomic E-state index is -0.0412. The van der Waals surface area contributed by atoms with Crippen molar-refractivity contribution in [1.82, 2.24) is 14.7 Å². The van der Waals surface area contributed by atoms with Gasteiger partial charge in [0.25, 0.3) is 0 Å². The van der Waals surface area contributed by atoms with Gasteiger partial charge in [0.2, 0.25) is 0 Å². The van der Waals surface area contributed by atoms with Gasteiger partial charge in [0.15, 0.2) is 5.84 Å². The Morgan fingerprint density at radius 1 is 1.19 bits per heavy atom. The SMILES string of the molecule is Cc1noc(C)c1-c1c(/C(N)=N/O)c2cccnc2n1-c1ccc(O)cc1. The molecular formula is C19H17N5O3. The number of nitrogens with two attached hydrogens (primary N) is 1. The van der Waals surface area contributed by atoms with E-state index in [0.717, 1.165) is 16.6 Å². The summed E-state index contributed by atoms with van der Waals surface area (Å²) in [5.41, 5.74) is 10.0. The van der Waals surface area contributed by atoms with Crippen LogP contribution < -0.4 is 5.73 Å². The molecule has 3 aromatic heterocycles. The van der Waals surface area contributed by atoms with Gasteiger partial charge in [-0.05, 0) is 50.2 Å². The number of nitrogens with zero attached hydrogens (tertiary/aromatic N) is 4. The van der Waals surface area contributed by atoms with Crippen LogP contribution in [0.5, 0.6) is 5.75 Å². The highest BCUT2D eigenvalue weighted by atomic mass is 16.5. The van der Waals surface area contributed by atoms with Gasteiger partial charge in [-0.25, -0.2) is 4.98 Å². The smallest absolute Gasteiger partial charge is 0.172 e. The van der Waals surface area contributed by atoms with Crippen LogP contribution in [0.1, 0.15) is 17.0 Å². The molecule has 0 atom stereocenters. The minimum Gasteiger partial charge on any atom is -0.508 e. The number of benzene rings is 1. The number of fused-ring (bicyclic) bond motifs is 1. The van der Waals surface area contributed by atoms with Crippen molar-refractivity contribution in [2.45, 2.75) is 13.8 Å². The average molecular weight is 363 g/mol. The second-order valence-corrected chi connectivity index (χ2v) is 6.13. The molecule has 0 amide bonds. The lowest BCUT2D eigenvalue weighted by Gasteiger charge is -2.12. The normalized spacial score (nSPS) is 12.0. The van der Waals surface area contributed by atoms with Crippen molar-refractivity contribution in [1.29, 1.82) is 0 Å². The number of amidine groups is 1. The van der Waals surface area contributed by atoms with Crippen molar-refractivity contribution in [2.75, 3.05) is 0 Å². The summed E-state index contributed by atoms with van der Waals surface area (Å²) in [4.78, 5) is 4.50. The van der Waals surface area contributed by atoms with E-state index in [0.29, 0.717) is 28.4 Å². The molecule has 0 aliphatic rings. The maximum Gasteiger partial charge on any atom is 0.172 e. The van der Waals surface area contributed by atoms with Crippen LogP contribution in [0.3, 0.4) is 0 Å². The van der Waals surface area contributed by atoms with Crippen LogP contribution in [0.15, 0.2) is 52.3 Å². The highest BCUT2D eigenvalue weighted by molar-refractivity contribution is 6.14. The summed E-state index contributed by atoms with van der Waals surface area (Å²) in [6.07, 6.45) is 1.67. The molecule has 0 aliphatic heterocycles. The Hall–Kier alpha value is -3.81. The third-order valence-corrected chi connectivity index (χ3v) is 4.47. The quantitative estimate of drug-likeness (QED) is 0.222. The molecule has 0 spiro atoms. The van der Waals surface area contributed by atoms with E-state index in [4.69, 9.17) is 10.3 Å². The van der Waals surface area contributed by atoms with Crippen molar-refractivity contribution in [3.8, 4) is 22.7 Å². The first-order valence-corrected chi connectivity index (χ1v) is 8.23. The fraction of sp³-hybridized carbons (Fsp3) is 0.105. The first-order chi connectivity index (χ1) is 13.0. The fourth-order valence-corrected chi connectivity index (χ4v) is 3.34. The molecule has 8 nitrogen and oxygen atoms in total. The number of oxime groups is 1. The Bertz CT molecular complexity index is 1150. The maximum absolute atomic E-state index is 9.67. The summed E-state index contributed by atoms with van der Waals surface area (Å²) in [7, 11) is 0. The van der Waals surface area contributed by atoms with E-state index >= 15 is 0 Å².